The van der Waals surface area contributed by atoms with Crippen LogP contribution in [-0.4, -0.2) is 29.0 Å². The van der Waals surface area contributed by atoms with Gasteiger partial charge in [-0.05, 0) is 41.1 Å². The Morgan fingerprint density at radius 3 is 2.71 bits per heavy atom. The first-order valence-electron chi connectivity index (χ1n) is 5.91. The van der Waals surface area contributed by atoms with Crippen molar-refractivity contribution >= 4 is 37.6 Å². The van der Waals surface area contributed by atoms with Crippen molar-refractivity contribution in [2.45, 2.75) is 18.5 Å². The number of carbonyl (C=O) groups is 1. The lowest BCUT2D eigenvalue weighted by molar-refractivity contribution is 0.0697. The second-order valence-electron chi connectivity index (χ2n) is 4.15. The number of benzene rings is 1. The predicted octanol–water partition coefficient (Wildman–Crippen LogP) is 2.16. The molecule has 0 fully saturated rings. The number of hydrogen-bond acceptors (Lipinski definition) is 4. The molecule has 0 saturated heterocycles. The van der Waals surface area contributed by atoms with Crippen molar-refractivity contribution in [3.05, 3.63) is 40.8 Å². The van der Waals surface area contributed by atoms with E-state index in [2.05, 4.69) is 25.6 Å². The highest BCUT2D eigenvalue weighted by molar-refractivity contribution is 9.10. The molecule has 2 N–H and O–H groups in total. The van der Waals surface area contributed by atoms with E-state index in [1.165, 1.54) is 30.7 Å². The fraction of sp³-hybridized carbons (Fsp3) is 0.167. The van der Waals surface area contributed by atoms with Crippen molar-refractivity contribution in [1.82, 2.24) is 9.55 Å². The van der Waals surface area contributed by atoms with Gasteiger partial charge < -0.3 is 9.67 Å². The monoisotopic (exact) mass is 373 g/mol. The summed E-state index contributed by atoms with van der Waals surface area (Å²) >= 11 is 3.14. The first kappa shape index (κ1) is 15.5. The molecule has 2 aromatic rings. The summed E-state index contributed by atoms with van der Waals surface area (Å²) in [5, 5.41) is 8.77. The number of hydrogen-bond donors (Lipinski definition) is 2. The molecule has 1 heterocycles. The number of nitrogens with zero attached hydrogens (tertiary/aromatic N) is 2. The number of sulfonamides is 1. The van der Waals surface area contributed by atoms with Crippen molar-refractivity contribution in [3.63, 3.8) is 0 Å². The number of halogens is 1. The molecule has 0 unspecified atom stereocenters. The number of carboxylic acids is 1. The average molecular weight is 374 g/mol. The number of nitrogens with one attached hydrogen (secondary N) is 1. The quantitative estimate of drug-likeness (QED) is 0.835. The van der Waals surface area contributed by atoms with Crippen LogP contribution in [0.3, 0.4) is 0 Å². The van der Waals surface area contributed by atoms with Crippen molar-refractivity contribution in [2.75, 3.05) is 4.72 Å². The summed E-state index contributed by atoms with van der Waals surface area (Å²) in [6.45, 7) is 2.48. The highest BCUT2D eigenvalue weighted by Crippen LogP contribution is 2.26. The van der Waals surface area contributed by atoms with Gasteiger partial charge in [-0.25, -0.2) is 9.78 Å². The maximum absolute atomic E-state index is 12.2. The number of carboxylic acid groups (broad SMARTS) is 1. The molecule has 0 atom stereocenters. The van der Waals surface area contributed by atoms with Crippen molar-refractivity contribution in [1.29, 1.82) is 0 Å². The summed E-state index contributed by atoms with van der Waals surface area (Å²) in [5.41, 5.74) is 0.297. The van der Waals surface area contributed by atoms with Gasteiger partial charge in [0, 0.05) is 17.2 Å². The Morgan fingerprint density at radius 2 is 2.19 bits per heavy atom. The van der Waals surface area contributed by atoms with Gasteiger partial charge in [-0.3, -0.25) is 4.72 Å². The van der Waals surface area contributed by atoms with Crippen LogP contribution in [-0.2, 0) is 16.6 Å². The molecule has 0 aliphatic rings. The molecule has 1 aromatic heterocycles. The second kappa shape index (κ2) is 5.86. The Bertz CT molecular complexity index is 786. The minimum Gasteiger partial charge on any atom is -0.478 e. The van der Waals surface area contributed by atoms with Crippen LogP contribution < -0.4 is 4.72 Å². The van der Waals surface area contributed by atoms with Crippen LogP contribution in [0, 0.1) is 0 Å². The zero-order valence-electron chi connectivity index (χ0n) is 10.9. The fourth-order valence-electron chi connectivity index (χ4n) is 1.58. The molecule has 7 nitrogen and oxygen atoms in total. The lowest BCUT2D eigenvalue weighted by atomic mass is 10.2. The van der Waals surface area contributed by atoms with Gasteiger partial charge in [0.15, 0.2) is 5.03 Å². The normalized spacial score (nSPS) is 11.3. The van der Waals surface area contributed by atoms with Crippen molar-refractivity contribution in [3.8, 4) is 0 Å². The van der Waals surface area contributed by atoms with E-state index in [0.29, 0.717) is 11.0 Å². The SMILES string of the molecule is CCn1cnc(S(=O)(=O)Nc2ccc(C(=O)O)cc2Br)c1. The highest BCUT2D eigenvalue weighted by Gasteiger charge is 2.19. The van der Waals surface area contributed by atoms with Crippen LogP contribution >= 0.6 is 15.9 Å². The Hall–Kier alpha value is -1.87. The van der Waals surface area contributed by atoms with E-state index in [0.717, 1.165) is 0 Å². The van der Waals surface area contributed by atoms with Gasteiger partial charge in [0.25, 0.3) is 10.0 Å². The number of imidazole rings is 1. The molecule has 0 aliphatic carbocycles. The maximum atomic E-state index is 12.2. The lowest BCUT2D eigenvalue weighted by Crippen LogP contribution is -2.14. The highest BCUT2D eigenvalue weighted by atomic mass is 79.9. The Balaban J connectivity index is 2.30. The molecule has 112 valence electrons. The first-order chi connectivity index (χ1) is 9.83. The van der Waals surface area contributed by atoms with Gasteiger partial charge in [0.1, 0.15) is 0 Å². The van der Waals surface area contributed by atoms with Crippen LogP contribution in [0.4, 0.5) is 5.69 Å². The molecule has 0 spiro atoms. The largest absolute Gasteiger partial charge is 0.478 e. The van der Waals surface area contributed by atoms with Gasteiger partial charge in [-0.15, -0.1) is 0 Å². The smallest absolute Gasteiger partial charge is 0.335 e. The van der Waals surface area contributed by atoms with E-state index >= 15 is 0 Å². The number of anilines is 1. The van der Waals surface area contributed by atoms with Gasteiger partial charge in [0.05, 0.1) is 17.6 Å². The number of aryl methyl sites for hydroxylation is 1. The van der Waals surface area contributed by atoms with Crippen LogP contribution in [0.2, 0.25) is 0 Å². The molecule has 1 aromatic carbocycles. The zero-order valence-corrected chi connectivity index (χ0v) is 13.3. The number of rotatable bonds is 5. The van der Waals surface area contributed by atoms with E-state index in [1.807, 2.05) is 6.92 Å². The minimum atomic E-state index is -3.82. The standard InChI is InChI=1S/C12H12BrN3O4S/c1-2-16-6-11(14-7-16)21(19,20)15-10-4-3-8(12(17)18)5-9(10)13/h3-7,15H,2H2,1H3,(H,17,18). The Morgan fingerprint density at radius 1 is 1.48 bits per heavy atom. The van der Waals surface area contributed by atoms with Crippen molar-refractivity contribution < 1.29 is 18.3 Å². The average Bonchev–Trinajstić information content (AvgIpc) is 2.90. The molecular formula is C12H12BrN3O4S. The van der Waals surface area contributed by atoms with E-state index in [4.69, 9.17) is 5.11 Å². The topological polar surface area (TPSA) is 101 Å². The molecule has 0 bridgehead atoms. The molecular weight excluding hydrogens is 362 g/mol. The van der Waals surface area contributed by atoms with Crippen LogP contribution in [0.1, 0.15) is 17.3 Å². The van der Waals surface area contributed by atoms with Gasteiger partial charge in [-0.2, -0.15) is 8.42 Å². The van der Waals surface area contributed by atoms with Gasteiger partial charge >= 0.3 is 5.97 Å². The molecule has 21 heavy (non-hydrogen) atoms. The lowest BCUT2D eigenvalue weighted by Gasteiger charge is -2.08. The zero-order chi connectivity index (χ0) is 15.6. The van der Waals surface area contributed by atoms with Crippen molar-refractivity contribution in [2.24, 2.45) is 0 Å². The minimum absolute atomic E-state index is 0.0556. The summed E-state index contributed by atoms with van der Waals surface area (Å²) in [4.78, 5) is 14.7. The number of aromatic nitrogens is 2. The third kappa shape index (κ3) is 3.42. The van der Waals surface area contributed by atoms with Gasteiger partial charge in [-0.1, -0.05) is 0 Å². The summed E-state index contributed by atoms with van der Waals surface area (Å²) < 4.78 is 28.7. The summed E-state index contributed by atoms with van der Waals surface area (Å²) in [6.07, 6.45) is 2.85. The van der Waals surface area contributed by atoms with E-state index in [9.17, 15) is 13.2 Å². The molecule has 0 saturated carbocycles. The van der Waals surface area contributed by atoms with E-state index < -0.39 is 16.0 Å². The third-order valence-corrected chi connectivity index (χ3v) is 4.62. The molecule has 9 heteroatoms. The third-order valence-electron chi connectivity index (χ3n) is 2.71. The maximum Gasteiger partial charge on any atom is 0.335 e. The van der Waals surface area contributed by atoms with Crippen LogP contribution in [0.25, 0.3) is 0 Å². The van der Waals surface area contributed by atoms with Crippen LogP contribution in [0.15, 0.2) is 40.2 Å². The second-order valence-corrected chi connectivity index (χ2v) is 6.63. The fourth-order valence-corrected chi connectivity index (χ4v) is 3.22. The van der Waals surface area contributed by atoms with E-state index in [-0.39, 0.29) is 16.3 Å². The molecule has 0 aliphatic heterocycles. The summed E-state index contributed by atoms with van der Waals surface area (Å²) in [7, 11) is -3.82. The molecule has 0 radical (unpaired) electrons. The predicted molar refractivity (Wildman–Crippen MR) is 79.8 cm³/mol. The number of aromatic carboxylic acids is 1. The Kier molecular flexibility index (Phi) is 4.33. The van der Waals surface area contributed by atoms with Gasteiger partial charge in [0.2, 0.25) is 0 Å². The molecule has 2 rings (SSSR count). The van der Waals surface area contributed by atoms with E-state index in [1.54, 1.807) is 4.57 Å². The first-order valence-corrected chi connectivity index (χ1v) is 8.18. The summed E-state index contributed by atoms with van der Waals surface area (Å²) in [6, 6.07) is 4.02. The summed E-state index contributed by atoms with van der Waals surface area (Å²) in [5.74, 6) is -1.09. The molecule has 0 amide bonds. The Labute approximate surface area is 129 Å². The van der Waals surface area contributed by atoms with Crippen LogP contribution in [0.5, 0.6) is 0 Å².